The molecule has 0 aliphatic carbocycles. The zero-order valence-electron chi connectivity index (χ0n) is 10.8. The van der Waals surface area contributed by atoms with Gasteiger partial charge in [-0.3, -0.25) is 4.79 Å². The predicted molar refractivity (Wildman–Crippen MR) is 79.8 cm³/mol. The molecule has 0 bridgehead atoms. The van der Waals surface area contributed by atoms with Gasteiger partial charge in [-0.15, -0.1) is 11.8 Å². The Bertz CT molecular complexity index is 804. The largest absolute Gasteiger partial charge is 0.480 e. The maximum atomic E-state index is 12.9. The van der Waals surface area contributed by atoms with Gasteiger partial charge in [-0.25, -0.2) is 8.42 Å². The van der Waals surface area contributed by atoms with Crippen LogP contribution in [-0.4, -0.2) is 49.7 Å². The summed E-state index contributed by atoms with van der Waals surface area (Å²) in [5.41, 5.74) is 0.781. The third-order valence-corrected chi connectivity index (χ3v) is 7.16. The molecule has 3 rings (SSSR count). The maximum Gasteiger partial charge on any atom is 0.322 e. The summed E-state index contributed by atoms with van der Waals surface area (Å²) in [4.78, 5) is 11.3. The average molecular weight is 345 g/mol. The van der Waals surface area contributed by atoms with Gasteiger partial charge in [0.1, 0.15) is 22.0 Å². The third-order valence-electron chi connectivity index (χ3n) is 3.25. The summed E-state index contributed by atoms with van der Waals surface area (Å²) in [6.45, 7) is 1.69. The van der Waals surface area contributed by atoms with E-state index in [4.69, 9.17) is 0 Å². The molecule has 0 amide bonds. The fourth-order valence-corrected chi connectivity index (χ4v) is 6.32. The van der Waals surface area contributed by atoms with Gasteiger partial charge in [-0.2, -0.15) is 13.1 Å². The van der Waals surface area contributed by atoms with E-state index in [1.165, 1.54) is 17.8 Å². The number of carboxylic acid groups (broad SMARTS) is 1. The Morgan fingerprint density at radius 2 is 2.19 bits per heavy atom. The molecule has 2 atom stereocenters. The second kappa shape index (κ2) is 5.20. The summed E-state index contributed by atoms with van der Waals surface area (Å²) in [5, 5.41) is 8.81. The lowest BCUT2D eigenvalue weighted by Gasteiger charge is -2.24. The number of rotatable bonds is 3. The highest BCUT2D eigenvalue weighted by molar-refractivity contribution is 8.01. The van der Waals surface area contributed by atoms with Gasteiger partial charge in [0.05, 0.1) is 17.1 Å². The SMILES string of the molecule is CC1SCC(C(=O)O)N1S(=O)(=O)c1cccc2nsnc12. The number of sulfonamides is 1. The first-order chi connectivity index (χ1) is 9.93. The molecule has 112 valence electrons. The highest BCUT2D eigenvalue weighted by Gasteiger charge is 2.45. The molecule has 1 aliphatic rings. The number of fused-ring (bicyclic) bond motifs is 1. The molecular formula is C11H11N3O4S3. The van der Waals surface area contributed by atoms with Gasteiger partial charge in [-0.05, 0) is 19.1 Å². The van der Waals surface area contributed by atoms with E-state index in [9.17, 15) is 18.3 Å². The lowest BCUT2D eigenvalue weighted by Crippen LogP contribution is -2.44. The van der Waals surface area contributed by atoms with Crippen molar-refractivity contribution in [1.82, 2.24) is 13.1 Å². The number of hydrogen-bond donors (Lipinski definition) is 1. The maximum absolute atomic E-state index is 12.9. The van der Waals surface area contributed by atoms with Crippen molar-refractivity contribution >= 4 is 50.5 Å². The molecule has 1 aromatic carbocycles. The van der Waals surface area contributed by atoms with Gasteiger partial charge in [-0.1, -0.05) is 6.07 Å². The van der Waals surface area contributed by atoms with Crippen molar-refractivity contribution in [1.29, 1.82) is 0 Å². The molecule has 7 nitrogen and oxygen atoms in total. The standard InChI is InChI=1S/C11H11N3O4S3/c1-6-14(8(5-19-6)11(15)16)21(17,18)9-4-2-3-7-10(9)13-20-12-7/h2-4,6,8H,5H2,1H3,(H,15,16). The zero-order chi connectivity index (χ0) is 15.2. The van der Waals surface area contributed by atoms with Gasteiger partial charge >= 0.3 is 5.97 Å². The van der Waals surface area contributed by atoms with Crippen molar-refractivity contribution in [2.75, 3.05) is 5.75 Å². The molecule has 2 aromatic rings. The fourth-order valence-electron chi connectivity index (χ4n) is 2.28. The number of aliphatic carboxylic acids is 1. The molecule has 0 saturated carbocycles. The van der Waals surface area contributed by atoms with Crippen molar-refractivity contribution in [3.05, 3.63) is 18.2 Å². The van der Waals surface area contributed by atoms with E-state index in [0.29, 0.717) is 5.52 Å². The Balaban J connectivity index is 2.16. The summed E-state index contributed by atoms with van der Waals surface area (Å²) >= 11 is 2.23. The first kappa shape index (κ1) is 14.7. The molecule has 2 unspecified atom stereocenters. The van der Waals surface area contributed by atoms with Crippen LogP contribution < -0.4 is 0 Å². The molecule has 21 heavy (non-hydrogen) atoms. The van der Waals surface area contributed by atoms with Crippen molar-refractivity contribution in [2.24, 2.45) is 0 Å². The van der Waals surface area contributed by atoms with E-state index in [1.54, 1.807) is 19.1 Å². The highest BCUT2D eigenvalue weighted by atomic mass is 32.2. The minimum atomic E-state index is -3.94. The van der Waals surface area contributed by atoms with Crippen LogP contribution in [0.3, 0.4) is 0 Å². The fraction of sp³-hybridized carbons (Fsp3) is 0.364. The van der Waals surface area contributed by atoms with Gasteiger partial charge in [0.2, 0.25) is 10.0 Å². The van der Waals surface area contributed by atoms with Crippen LogP contribution in [0.25, 0.3) is 11.0 Å². The number of nitrogens with zero attached hydrogens (tertiary/aromatic N) is 3. The second-order valence-corrected chi connectivity index (χ2v) is 8.20. The number of hydrogen-bond acceptors (Lipinski definition) is 7. The van der Waals surface area contributed by atoms with E-state index in [-0.39, 0.29) is 16.2 Å². The van der Waals surface area contributed by atoms with Crippen LogP contribution in [0.2, 0.25) is 0 Å². The number of thioether (sulfide) groups is 1. The smallest absolute Gasteiger partial charge is 0.322 e. The lowest BCUT2D eigenvalue weighted by atomic mass is 10.3. The number of carboxylic acids is 1. The van der Waals surface area contributed by atoms with Gasteiger partial charge in [0, 0.05) is 5.75 Å². The van der Waals surface area contributed by atoms with E-state index >= 15 is 0 Å². The quantitative estimate of drug-likeness (QED) is 0.893. The molecular weight excluding hydrogens is 334 g/mol. The van der Waals surface area contributed by atoms with Crippen LogP contribution in [0.5, 0.6) is 0 Å². The van der Waals surface area contributed by atoms with Crippen LogP contribution >= 0.6 is 23.5 Å². The van der Waals surface area contributed by atoms with Crippen molar-refractivity contribution in [3.8, 4) is 0 Å². The summed E-state index contributed by atoms with van der Waals surface area (Å²) in [7, 11) is -3.94. The molecule has 1 saturated heterocycles. The highest BCUT2D eigenvalue weighted by Crippen LogP contribution is 2.35. The Kier molecular flexibility index (Phi) is 3.64. The molecule has 2 heterocycles. The average Bonchev–Trinajstić information content (AvgIpc) is 3.03. The minimum absolute atomic E-state index is 0.00866. The number of aromatic nitrogens is 2. The lowest BCUT2D eigenvalue weighted by molar-refractivity contribution is -0.140. The molecule has 1 fully saturated rings. The monoisotopic (exact) mass is 345 g/mol. The van der Waals surface area contributed by atoms with Gasteiger partial charge < -0.3 is 5.11 Å². The topological polar surface area (TPSA) is 100 Å². The third kappa shape index (κ3) is 2.31. The molecule has 10 heteroatoms. The minimum Gasteiger partial charge on any atom is -0.480 e. The summed E-state index contributed by atoms with van der Waals surface area (Å²) < 4.78 is 34.8. The van der Waals surface area contributed by atoms with Gasteiger partial charge in [0.25, 0.3) is 0 Å². The summed E-state index contributed by atoms with van der Waals surface area (Å²) in [6.07, 6.45) is 0. The molecule has 1 aromatic heterocycles. The summed E-state index contributed by atoms with van der Waals surface area (Å²) in [5.74, 6) is -0.903. The zero-order valence-corrected chi connectivity index (χ0v) is 13.3. The molecule has 1 N–H and O–H groups in total. The Labute approximate surface area is 129 Å². The predicted octanol–water partition coefficient (Wildman–Crippen LogP) is 1.23. The van der Waals surface area contributed by atoms with Crippen LogP contribution in [0.15, 0.2) is 23.1 Å². The summed E-state index contributed by atoms with van der Waals surface area (Å²) in [6, 6.07) is 3.64. The van der Waals surface area contributed by atoms with E-state index in [0.717, 1.165) is 16.0 Å². The molecule has 0 spiro atoms. The van der Waals surface area contributed by atoms with Crippen molar-refractivity contribution < 1.29 is 18.3 Å². The second-order valence-electron chi connectivity index (χ2n) is 4.51. The van der Waals surface area contributed by atoms with Gasteiger partial charge in [0.15, 0.2) is 0 Å². The van der Waals surface area contributed by atoms with Crippen molar-refractivity contribution in [3.63, 3.8) is 0 Å². The van der Waals surface area contributed by atoms with E-state index in [1.807, 2.05) is 0 Å². The normalized spacial score (nSPS) is 23.7. The van der Waals surface area contributed by atoms with Crippen molar-refractivity contribution in [2.45, 2.75) is 23.2 Å². The van der Waals surface area contributed by atoms with Crippen LogP contribution in [-0.2, 0) is 14.8 Å². The number of carbonyl (C=O) groups is 1. The van der Waals surface area contributed by atoms with Crippen LogP contribution in [0.4, 0.5) is 0 Å². The molecule has 0 radical (unpaired) electrons. The Hall–Kier alpha value is -1.23. The van der Waals surface area contributed by atoms with Crippen LogP contribution in [0.1, 0.15) is 6.92 Å². The van der Waals surface area contributed by atoms with Crippen LogP contribution in [0, 0.1) is 0 Å². The molecule has 1 aliphatic heterocycles. The Morgan fingerprint density at radius 3 is 2.90 bits per heavy atom. The number of benzene rings is 1. The first-order valence-corrected chi connectivity index (χ1v) is 9.24. The Morgan fingerprint density at radius 1 is 1.43 bits per heavy atom. The van der Waals surface area contributed by atoms with E-state index < -0.39 is 27.4 Å². The first-order valence-electron chi connectivity index (χ1n) is 6.02. The van der Waals surface area contributed by atoms with E-state index in [2.05, 4.69) is 8.75 Å².